The van der Waals surface area contributed by atoms with Crippen LogP contribution in [0.3, 0.4) is 0 Å². The third-order valence-electron chi connectivity index (χ3n) is 8.47. The van der Waals surface area contributed by atoms with Crippen LogP contribution >= 0.6 is 11.3 Å². The lowest BCUT2D eigenvalue weighted by Crippen LogP contribution is -2.59. The Morgan fingerprint density at radius 3 is 2.16 bits per heavy atom. The van der Waals surface area contributed by atoms with E-state index in [9.17, 15) is 28.8 Å². The second-order valence-electron chi connectivity index (χ2n) is 12.8. The molecule has 0 saturated heterocycles. The van der Waals surface area contributed by atoms with E-state index in [1.165, 1.54) is 23.9 Å². The summed E-state index contributed by atoms with van der Waals surface area (Å²) in [4.78, 5) is 94.2. The second-order valence-corrected chi connectivity index (χ2v) is 13.8. The highest BCUT2D eigenvalue weighted by Crippen LogP contribution is 2.19. The molecule has 4 aromatic rings. The first-order chi connectivity index (χ1) is 26.4. The van der Waals surface area contributed by atoms with Gasteiger partial charge in [0.05, 0.1) is 12.9 Å². The van der Waals surface area contributed by atoms with E-state index in [0.717, 1.165) is 21.3 Å². The molecule has 0 fully saturated rings. The summed E-state index contributed by atoms with van der Waals surface area (Å²) in [5.74, 6) is -3.93. The summed E-state index contributed by atoms with van der Waals surface area (Å²) in [6.45, 7) is 1.52. The largest absolute Gasteiger partial charge is 0.370 e. The standard InChI is InChI=1S/C36H48N12O6S/c1-2-7-31(50)45-28(15-22-18-40-20-44-22)34(53)48-29(16-23-8-6-13-55-23)35(54)46-26(11-5-12-41-36(38)39)33(52)47-27(32(51)43-19-30(37)49)14-21-17-42-25-10-4-3-9-24(21)25/h3-4,6,8-10,13,17-18,20,26-29,42H,2,5,7,11-12,14-16,19H2,1H3,(H2,37,49)(H,40,44)(H,43,51)(H,45,50)(H,46,54)(H,47,52)(H,48,53)(H4,38,39,41)/t26-,27-,28-,29+/m0/s1. The zero-order valence-electron chi connectivity index (χ0n) is 30.4. The molecule has 6 amide bonds. The second kappa shape index (κ2) is 20.9. The average molecular weight is 777 g/mol. The Morgan fingerprint density at radius 2 is 1.51 bits per heavy atom. The summed E-state index contributed by atoms with van der Waals surface area (Å²) in [6.07, 6.45) is 5.98. The first kappa shape index (κ1) is 41.5. The quantitative estimate of drug-likeness (QED) is 0.0276. The third-order valence-corrected chi connectivity index (χ3v) is 9.37. The predicted octanol–water partition coefficient (Wildman–Crippen LogP) is -0.625. The number of nitrogens with one attached hydrogen (secondary N) is 7. The van der Waals surface area contributed by atoms with E-state index in [-0.39, 0.29) is 56.9 Å². The Bertz CT molecular complexity index is 1920. The number of carbonyl (C=O) groups is 6. The lowest BCUT2D eigenvalue weighted by Gasteiger charge is -2.26. The van der Waals surface area contributed by atoms with Gasteiger partial charge in [-0.25, -0.2) is 4.98 Å². The maximum Gasteiger partial charge on any atom is 0.243 e. The molecule has 1 aromatic carbocycles. The summed E-state index contributed by atoms with van der Waals surface area (Å²) >= 11 is 1.38. The minimum absolute atomic E-state index is 0.0353. The fraction of sp³-hybridized carbons (Fsp3) is 0.389. The molecule has 13 N–H and O–H groups in total. The van der Waals surface area contributed by atoms with Gasteiger partial charge in [-0.1, -0.05) is 31.2 Å². The Kier molecular flexibility index (Phi) is 15.7. The number of nitrogens with two attached hydrogens (primary N) is 3. The van der Waals surface area contributed by atoms with Gasteiger partial charge < -0.3 is 53.8 Å². The number of para-hydroxylation sites is 1. The van der Waals surface area contributed by atoms with Crippen molar-refractivity contribution in [2.45, 2.75) is 76.0 Å². The van der Waals surface area contributed by atoms with E-state index in [0.29, 0.717) is 12.1 Å². The summed E-state index contributed by atoms with van der Waals surface area (Å²) in [6, 6.07) is 6.43. The van der Waals surface area contributed by atoms with Gasteiger partial charge in [0.1, 0.15) is 24.2 Å². The van der Waals surface area contributed by atoms with Gasteiger partial charge in [0, 0.05) is 66.1 Å². The number of hydrogen-bond donors (Lipinski definition) is 10. The van der Waals surface area contributed by atoms with Gasteiger partial charge in [0.25, 0.3) is 0 Å². The smallest absolute Gasteiger partial charge is 0.243 e. The summed E-state index contributed by atoms with van der Waals surface area (Å²) in [5.41, 5.74) is 18.4. The number of primary amides is 1. The topological polar surface area (TPSA) is 297 Å². The molecule has 0 spiro atoms. The van der Waals surface area contributed by atoms with Crippen LogP contribution in [-0.2, 0) is 48.0 Å². The molecule has 4 rings (SSSR count). The molecule has 55 heavy (non-hydrogen) atoms. The van der Waals surface area contributed by atoms with Crippen molar-refractivity contribution in [2.75, 3.05) is 13.1 Å². The number of carbonyl (C=O) groups excluding carboxylic acids is 6. The number of benzene rings is 1. The van der Waals surface area contributed by atoms with Crippen molar-refractivity contribution in [3.63, 3.8) is 0 Å². The van der Waals surface area contributed by atoms with Gasteiger partial charge in [-0.05, 0) is 42.3 Å². The molecule has 0 saturated carbocycles. The number of imidazole rings is 1. The third kappa shape index (κ3) is 13.3. The van der Waals surface area contributed by atoms with Crippen molar-refractivity contribution in [2.24, 2.45) is 22.2 Å². The molecule has 3 heterocycles. The van der Waals surface area contributed by atoms with Crippen LogP contribution in [0.1, 0.15) is 48.7 Å². The Hall–Kier alpha value is -6.24. The molecular formula is C36H48N12O6S. The lowest BCUT2D eigenvalue weighted by atomic mass is 10.0. The maximum absolute atomic E-state index is 14.1. The highest BCUT2D eigenvalue weighted by Gasteiger charge is 2.32. The van der Waals surface area contributed by atoms with Crippen LogP contribution in [0.15, 0.2) is 65.5 Å². The first-order valence-corrected chi connectivity index (χ1v) is 18.7. The molecule has 19 heteroatoms. The summed E-state index contributed by atoms with van der Waals surface area (Å²) < 4.78 is 0. The van der Waals surface area contributed by atoms with E-state index in [1.54, 1.807) is 12.3 Å². The molecule has 3 aromatic heterocycles. The molecule has 294 valence electrons. The Labute approximate surface area is 321 Å². The maximum atomic E-state index is 14.1. The van der Waals surface area contributed by atoms with E-state index >= 15 is 0 Å². The van der Waals surface area contributed by atoms with Gasteiger partial charge in [0.2, 0.25) is 35.4 Å². The fourth-order valence-corrected chi connectivity index (χ4v) is 6.53. The number of hydrogen-bond acceptors (Lipinski definition) is 9. The molecule has 0 aliphatic carbocycles. The van der Waals surface area contributed by atoms with Crippen LogP contribution in [0.4, 0.5) is 0 Å². The van der Waals surface area contributed by atoms with Gasteiger partial charge >= 0.3 is 0 Å². The van der Waals surface area contributed by atoms with E-state index in [2.05, 4.69) is 46.5 Å². The molecule has 0 unspecified atom stereocenters. The van der Waals surface area contributed by atoms with Crippen molar-refractivity contribution in [1.29, 1.82) is 0 Å². The molecule has 0 aliphatic rings. The van der Waals surface area contributed by atoms with Crippen molar-refractivity contribution < 1.29 is 28.8 Å². The molecular weight excluding hydrogens is 729 g/mol. The minimum Gasteiger partial charge on any atom is -0.370 e. The van der Waals surface area contributed by atoms with Crippen LogP contribution in [0.25, 0.3) is 10.9 Å². The number of H-pyrrole nitrogens is 2. The fourth-order valence-electron chi connectivity index (χ4n) is 5.77. The van der Waals surface area contributed by atoms with Crippen LogP contribution in [-0.4, -0.2) is 93.6 Å². The van der Waals surface area contributed by atoms with Crippen molar-refractivity contribution in [3.8, 4) is 0 Å². The van der Waals surface area contributed by atoms with Gasteiger partial charge in [0.15, 0.2) is 5.96 Å². The zero-order valence-corrected chi connectivity index (χ0v) is 31.2. The number of thiophene rings is 1. The van der Waals surface area contributed by atoms with Crippen LogP contribution in [0.5, 0.6) is 0 Å². The number of rotatable bonds is 22. The SMILES string of the molecule is CCCC(=O)N[C@@H](Cc1cnc[nH]1)C(=O)N[C@H](Cc1cccs1)C(=O)N[C@@H](CCCN=C(N)N)C(=O)N[C@@H](Cc1c[nH]c2ccccc12)C(=O)NCC(N)=O. The number of nitrogens with zero attached hydrogens (tertiary/aromatic N) is 2. The zero-order chi connectivity index (χ0) is 39.7. The van der Waals surface area contributed by atoms with E-state index < -0.39 is 60.2 Å². The van der Waals surface area contributed by atoms with Crippen molar-refractivity contribution in [3.05, 3.63) is 76.6 Å². The van der Waals surface area contributed by atoms with Crippen molar-refractivity contribution >= 4 is 63.6 Å². The lowest BCUT2D eigenvalue weighted by molar-refractivity contribution is -0.134. The summed E-state index contributed by atoms with van der Waals surface area (Å²) in [7, 11) is 0. The summed E-state index contributed by atoms with van der Waals surface area (Å²) in [5, 5.41) is 16.1. The highest BCUT2D eigenvalue weighted by atomic mass is 32.1. The van der Waals surface area contributed by atoms with Gasteiger partial charge in [-0.15, -0.1) is 11.3 Å². The average Bonchev–Trinajstić information content (AvgIpc) is 3.94. The number of aromatic nitrogens is 3. The van der Waals surface area contributed by atoms with E-state index in [1.807, 2.05) is 42.6 Å². The molecule has 0 radical (unpaired) electrons. The van der Waals surface area contributed by atoms with Crippen LogP contribution in [0, 0.1) is 0 Å². The van der Waals surface area contributed by atoms with Gasteiger partial charge in [-0.3, -0.25) is 33.8 Å². The normalized spacial score (nSPS) is 13.1. The number of guanidine groups is 1. The Balaban J connectivity index is 1.59. The van der Waals surface area contributed by atoms with Gasteiger partial charge in [-0.2, -0.15) is 0 Å². The predicted molar refractivity (Wildman–Crippen MR) is 207 cm³/mol. The highest BCUT2D eigenvalue weighted by molar-refractivity contribution is 7.09. The van der Waals surface area contributed by atoms with Crippen molar-refractivity contribution in [1.82, 2.24) is 41.5 Å². The molecule has 4 atom stereocenters. The molecule has 18 nitrogen and oxygen atoms in total. The van der Waals surface area contributed by atoms with Crippen LogP contribution in [0.2, 0.25) is 0 Å². The molecule has 0 aliphatic heterocycles. The first-order valence-electron chi connectivity index (χ1n) is 17.8. The number of aromatic amines is 2. The number of amides is 6. The van der Waals surface area contributed by atoms with Crippen LogP contribution < -0.4 is 43.8 Å². The Morgan fingerprint density at radius 1 is 0.818 bits per heavy atom. The monoisotopic (exact) mass is 776 g/mol. The van der Waals surface area contributed by atoms with E-state index in [4.69, 9.17) is 17.2 Å². The number of aliphatic imine (C=N–C) groups is 1. The minimum atomic E-state index is -1.22. The molecule has 0 bridgehead atoms. The number of fused-ring (bicyclic) bond motifs is 1.